The van der Waals surface area contributed by atoms with Gasteiger partial charge in [0.15, 0.2) is 17.3 Å². The topological polar surface area (TPSA) is 60.4 Å². The zero-order chi connectivity index (χ0) is 16.1. The van der Waals surface area contributed by atoms with Gasteiger partial charge in [-0.1, -0.05) is 0 Å². The molecule has 1 aromatic carbocycles. The van der Waals surface area contributed by atoms with Gasteiger partial charge in [-0.3, -0.25) is 4.90 Å². The summed E-state index contributed by atoms with van der Waals surface area (Å²) in [6.07, 6.45) is 2.18. The van der Waals surface area contributed by atoms with Crippen molar-refractivity contribution in [3.05, 3.63) is 23.3 Å². The summed E-state index contributed by atoms with van der Waals surface area (Å²) in [5, 5.41) is 11.2. The van der Waals surface area contributed by atoms with E-state index in [4.69, 9.17) is 18.9 Å². The molecule has 1 N–H and O–H groups in total. The molecule has 5 atom stereocenters. The number of hydrogen-bond donors (Lipinski definition) is 1. The molecule has 7 rings (SSSR count). The maximum Gasteiger partial charge on any atom is 0.231 e. The summed E-state index contributed by atoms with van der Waals surface area (Å²) < 4.78 is 23.5. The van der Waals surface area contributed by atoms with Crippen LogP contribution in [0.3, 0.4) is 0 Å². The highest BCUT2D eigenvalue weighted by Crippen LogP contribution is 2.64. The molecule has 2 saturated heterocycles. The second kappa shape index (κ2) is 4.25. The molecule has 1 aliphatic carbocycles. The Morgan fingerprint density at radius 3 is 2.83 bits per heavy atom. The van der Waals surface area contributed by atoms with E-state index < -0.39 is 11.9 Å². The number of methoxy groups -OCH3 is 1. The number of hydrogen-bond acceptors (Lipinski definition) is 6. The molecule has 1 aromatic rings. The Morgan fingerprint density at radius 2 is 2.04 bits per heavy atom. The monoisotopic (exact) mass is 331 g/mol. The van der Waals surface area contributed by atoms with Crippen LogP contribution < -0.4 is 9.47 Å². The summed E-state index contributed by atoms with van der Waals surface area (Å²) in [6, 6.07) is 4.12. The average molecular weight is 331 g/mol. The van der Waals surface area contributed by atoms with Crippen LogP contribution in [0.2, 0.25) is 0 Å². The number of aliphatic hydroxyl groups is 1. The van der Waals surface area contributed by atoms with Crippen molar-refractivity contribution >= 4 is 0 Å². The molecule has 3 fully saturated rings. The first kappa shape index (κ1) is 13.9. The minimum atomic E-state index is -0.917. The minimum Gasteiger partial charge on any atom is -0.454 e. The fourth-order valence-electron chi connectivity index (χ4n) is 5.94. The zero-order valence-corrected chi connectivity index (χ0v) is 13.7. The molecule has 6 heteroatoms. The Labute approximate surface area is 140 Å². The molecule has 128 valence electrons. The van der Waals surface area contributed by atoms with Crippen LogP contribution in [-0.4, -0.2) is 54.4 Å². The molecule has 1 saturated carbocycles. The zero-order valence-electron chi connectivity index (χ0n) is 13.7. The third-order valence-electron chi connectivity index (χ3n) is 6.90. The highest BCUT2D eigenvalue weighted by molar-refractivity contribution is 5.54. The largest absolute Gasteiger partial charge is 0.454 e. The summed E-state index contributed by atoms with van der Waals surface area (Å²) in [7, 11) is 1.66. The van der Waals surface area contributed by atoms with Crippen molar-refractivity contribution in [3.63, 3.8) is 0 Å². The van der Waals surface area contributed by atoms with Crippen LogP contribution in [0.5, 0.6) is 11.5 Å². The van der Waals surface area contributed by atoms with Crippen molar-refractivity contribution in [2.75, 3.05) is 27.0 Å². The molecule has 24 heavy (non-hydrogen) atoms. The second-order valence-electron chi connectivity index (χ2n) is 7.71. The number of fused-ring (bicyclic) bond motifs is 1. The van der Waals surface area contributed by atoms with Crippen molar-refractivity contribution in [1.29, 1.82) is 0 Å². The lowest BCUT2D eigenvalue weighted by Gasteiger charge is -2.39. The number of aliphatic hydroxyl groups excluding tert-OH is 1. The SMILES string of the molecule is CO[C@]12C[C@]34CCCN3C[C@@H](O1)c1cc3c(cc1[C@@H]4[C@@H]2O)OCO3. The van der Waals surface area contributed by atoms with Gasteiger partial charge in [0.25, 0.3) is 0 Å². The van der Waals surface area contributed by atoms with E-state index in [1.807, 2.05) is 0 Å². The molecule has 0 unspecified atom stereocenters. The van der Waals surface area contributed by atoms with E-state index in [1.54, 1.807) is 7.11 Å². The van der Waals surface area contributed by atoms with Crippen LogP contribution in [0.25, 0.3) is 0 Å². The molecule has 6 nitrogen and oxygen atoms in total. The summed E-state index contributed by atoms with van der Waals surface area (Å²) in [5.41, 5.74) is 2.19. The van der Waals surface area contributed by atoms with Gasteiger partial charge >= 0.3 is 0 Å². The van der Waals surface area contributed by atoms with Gasteiger partial charge in [-0.15, -0.1) is 0 Å². The number of rotatable bonds is 1. The maximum absolute atomic E-state index is 11.2. The first-order chi connectivity index (χ1) is 11.7. The fraction of sp³-hybridized carbons (Fsp3) is 0.667. The standard InChI is InChI=1S/C18H21NO5/c1-21-18-8-17-3-2-4-19(17)7-14(24-18)10-5-12-13(23-9-22-12)6-11(10)15(17)16(18)20/h5-6,14-16,20H,2-4,7-9H2,1H3/t14-,15-,16+,17+,18-/m1/s1. The van der Waals surface area contributed by atoms with Gasteiger partial charge in [0, 0.05) is 31.5 Å². The van der Waals surface area contributed by atoms with E-state index in [2.05, 4.69) is 17.0 Å². The van der Waals surface area contributed by atoms with E-state index in [-0.39, 0.29) is 24.4 Å². The Kier molecular flexibility index (Phi) is 2.46. The number of nitrogens with zero attached hydrogens (tertiary/aromatic N) is 1. The first-order valence-electron chi connectivity index (χ1n) is 8.76. The maximum atomic E-state index is 11.2. The Balaban J connectivity index is 1.64. The molecule has 4 bridgehead atoms. The van der Waals surface area contributed by atoms with Gasteiger partial charge in [-0.2, -0.15) is 0 Å². The molecule has 5 aliphatic heterocycles. The summed E-state index contributed by atoms with van der Waals surface area (Å²) >= 11 is 0. The van der Waals surface area contributed by atoms with Gasteiger partial charge in [0.05, 0.1) is 6.10 Å². The third-order valence-corrected chi connectivity index (χ3v) is 6.90. The predicted octanol–water partition coefficient (Wildman–Crippen LogP) is 1.53. The molecule has 0 aromatic heterocycles. The van der Waals surface area contributed by atoms with Gasteiger partial charge in [0.2, 0.25) is 6.79 Å². The van der Waals surface area contributed by atoms with E-state index in [0.717, 1.165) is 55.0 Å². The highest BCUT2D eigenvalue weighted by Gasteiger charge is 2.70. The van der Waals surface area contributed by atoms with Gasteiger partial charge in [-0.05, 0) is 42.6 Å². The molecule has 0 amide bonds. The predicted molar refractivity (Wildman–Crippen MR) is 83.0 cm³/mol. The van der Waals surface area contributed by atoms with Gasteiger partial charge in [0.1, 0.15) is 6.10 Å². The van der Waals surface area contributed by atoms with Crippen molar-refractivity contribution in [2.24, 2.45) is 0 Å². The average Bonchev–Trinajstić information content (AvgIpc) is 3.19. The smallest absolute Gasteiger partial charge is 0.231 e. The van der Waals surface area contributed by atoms with Crippen molar-refractivity contribution in [2.45, 2.75) is 48.7 Å². The molecular formula is C18H21NO5. The molecular weight excluding hydrogens is 310 g/mol. The molecule has 6 aliphatic rings. The Hall–Kier alpha value is -1.34. The molecule has 0 radical (unpaired) electrons. The van der Waals surface area contributed by atoms with Gasteiger partial charge in [-0.25, -0.2) is 0 Å². The lowest BCUT2D eigenvalue weighted by Crippen LogP contribution is -2.47. The highest BCUT2D eigenvalue weighted by atomic mass is 16.7. The summed E-state index contributed by atoms with van der Waals surface area (Å²) in [4.78, 5) is 2.53. The summed E-state index contributed by atoms with van der Waals surface area (Å²) in [6.45, 7) is 2.17. The van der Waals surface area contributed by atoms with E-state index in [9.17, 15) is 5.11 Å². The van der Waals surface area contributed by atoms with E-state index in [1.165, 1.54) is 0 Å². The van der Waals surface area contributed by atoms with Gasteiger partial charge < -0.3 is 24.1 Å². The quantitative estimate of drug-likeness (QED) is 0.842. The number of ether oxygens (including phenoxy) is 4. The molecule has 5 heterocycles. The Bertz CT molecular complexity index is 738. The number of benzene rings is 1. The third kappa shape index (κ3) is 1.39. The van der Waals surface area contributed by atoms with E-state index >= 15 is 0 Å². The van der Waals surface area contributed by atoms with Crippen molar-refractivity contribution in [3.8, 4) is 11.5 Å². The van der Waals surface area contributed by atoms with Crippen LogP contribution >= 0.6 is 0 Å². The second-order valence-corrected chi connectivity index (χ2v) is 7.71. The van der Waals surface area contributed by atoms with Crippen LogP contribution in [0, 0.1) is 0 Å². The van der Waals surface area contributed by atoms with Crippen LogP contribution in [0.15, 0.2) is 12.1 Å². The lowest BCUT2D eigenvalue weighted by molar-refractivity contribution is -0.277. The normalized spacial score (nSPS) is 44.5. The summed E-state index contributed by atoms with van der Waals surface area (Å²) in [5.74, 6) is 0.617. The first-order valence-corrected chi connectivity index (χ1v) is 8.76. The van der Waals surface area contributed by atoms with E-state index in [0.29, 0.717) is 0 Å². The van der Waals surface area contributed by atoms with Crippen molar-refractivity contribution < 1.29 is 24.1 Å². The minimum absolute atomic E-state index is 0.0167. The van der Waals surface area contributed by atoms with Crippen LogP contribution in [-0.2, 0) is 9.47 Å². The van der Waals surface area contributed by atoms with Crippen molar-refractivity contribution in [1.82, 2.24) is 4.90 Å². The lowest BCUT2D eigenvalue weighted by atomic mass is 9.78. The van der Waals surface area contributed by atoms with Crippen LogP contribution in [0.1, 0.15) is 42.4 Å². The fourth-order valence-corrected chi connectivity index (χ4v) is 5.94. The Morgan fingerprint density at radius 1 is 1.25 bits per heavy atom. The van der Waals surface area contributed by atoms with Crippen LogP contribution in [0.4, 0.5) is 0 Å². The molecule has 1 spiro atoms.